The van der Waals surface area contributed by atoms with Crippen molar-refractivity contribution in [1.29, 1.82) is 0 Å². The molecule has 0 spiro atoms. The van der Waals surface area contributed by atoms with E-state index in [4.69, 9.17) is 5.73 Å². The van der Waals surface area contributed by atoms with Crippen molar-refractivity contribution in [2.45, 2.75) is 44.6 Å². The Morgan fingerprint density at radius 2 is 2.19 bits per heavy atom. The van der Waals surface area contributed by atoms with Gasteiger partial charge in [-0.25, -0.2) is 0 Å². The van der Waals surface area contributed by atoms with E-state index in [-0.39, 0.29) is 11.8 Å². The van der Waals surface area contributed by atoms with Crippen LogP contribution in [-0.2, 0) is 0 Å². The third-order valence-electron chi connectivity index (χ3n) is 3.99. The van der Waals surface area contributed by atoms with Crippen LogP contribution in [-0.4, -0.2) is 30.4 Å². The van der Waals surface area contributed by atoms with E-state index in [9.17, 15) is 13.2 Å². The normalized spacial score (nSPS) is 21.5. The van der Waals surface area contributed by atoms with E-state index in [1.807, 2.05) is 6.07 Å². The van der Waals surface area contributed by atoms with Crippen LogP contribution in [0.4, 0.5) is 13.2 Å². The fraction of sp³-hybridized carbons (Fsp3) is 0.600. The average molecular weight is 302 g/mol. The van der Waals surface area contributed by atoms with Gasteiger partial charge >= 0.3 is 6.36 Å². The molecule has 1 saturated heterocycles. The van der Waals surface area contributed by atoms with Crippen LogP contribution in [0.3, 0.4) is 0 Å². The van der Waals surface area contributed by atoms with Gasteiger partial charge in [0.15, 0.2) is 0 Å². The number of benzene rings is 1. The third kappa shape index (κ3) is 4.11. The van der Waals surface area contributed by atoms with Gasteiger partial charge in [-0.2, -0.15) is 0 Å². The smallest absolute Gasteiger partial charge is 0.406 e. The number of alkyl halides is 3. The second-order valence-electron chi connectivity index (χ2n) is 5.31. The number of nitrogens with two attached hydrogens (primary N) is 1. The molecule has 0 amide bonds. The molecule has 1 heterocycles. The minimum atomic E-state index is -4.67. The van der Waals surface area contributed by atoms with E-state index in [2.05, 4.69) is 16.6 Å². The van der Waals surface area contributed by atoms with E-state index in [1.54, 1.807) is 6.07 Å². The van der Waals surface area contributed by atoms with Crippen molar-refractivity contribution >= 4 is 0 Å². The molecule has 1 aromatic carbocycles. The van der Waals surface area contributed by atoms with Crippen molar-refractivity contribution < 1.29 is 17.9 Å². The molecule has 0 aliphatic carbocycles. The van der Waals surface area contributed by atoms with Crippen molar-refractivity contribution in [2.75, 3.05) is 13.1 Å². The molecule has 1 aliphatic rings. The van der Waals surface area contributed by atoms with Crippen LogP contribution < -0.4 is 10.5 Å². The van der Waals surface area contributed by atoms with E-state index in [1.165, 1.54) is 12.1 Å². The number of rotatable bonds is 5. The lowest BCUT2D eigenvalue weighted by Gasteiger charge is -2.32. The summed E-state index contributed by atoms with van der Waals surface area (Å²) in [4.78, 5) is 2.30. The summed E-state index contributed by atoms with van der Waals surface area (Å²) in [6, 6.07) is 6.53. The highest BCUT2D eigenvalue weighted by atomic mass is 19.4. The fourth-order valence-corrected chi connectivity index (χ4v) is 3.09. The van der Waals surface area contributed by atoms with Crippen LogP contribution in [0.5, 0.6) is 5.75 Å². The number of halogens is 3. The molecule has 0 bridgehead atoms. The van der Waals surface area contributed by atoms with Gasteiger partial charge in [0.1, 0.15) is 5.75 Å². The molecular formula is C15H21F3N2O. The van der Waals surface area contributed by atoms with E-state index in [0.29, 0.717) is 12.6 Å². The Hall–Kier alpha value is -1.27. The summed E-state index contributed by atoms with van der Waals surface area (Å²) in [5.41, 5.74) is 6.65. The van der Waals surface area contributed by atoms with E-state index in [0.717, 1.165) is 31.4 Å². The first-order chi connectivity index (χ1) is 9.94. The molecule has 3 nitrogen and oxygen atoms in total. The molecule has 1 fully saturated rings. The SMILES string of the molecule is CCC1CCCN1C(CN)c1cccc(OC(F)(F)F)c1. The van der Waals surface area contributed by atoms with Crippen LogP contribution in [0.25, 0.3) is 0 Å². The number of ether oxygens (including phenoxy) is 1. The Morgan fingerprint density at radius 1 is 1.43 bits per heavy atom. The molecule has 1 aliphatic heterocycles. The lowest BCUT2D eigenvalue weighted by molar-refractivity contribution is -0.274. The molecule has 0 aromatic heterocycles. The number of likely N-dealkylation sites (tertiary alicyclic amines) is 1. The summed E-state index contributed by atoms with van der Waals surface area (Å²) in [7, 11) is 0. The molecule has 21 heavy (non-hydrogen) atoms. The van der Waals surface area contributed by atoms with Crippen LogP contribution in [0.15, 0.2) is 24.3 Å². The maximum absolute atomic E-state index is 12.3. The first-order valence-electron chi connectivity index (χ1n) is 7.26. The standard InChI is InChI=1S/C15H21F3N2O/c1-2-12-6-4-8-20(12)14(10-19)11-5-3-7-13(9-11)21-15(16,17)18/h3,5,7,9,12,14H,2,4,6,8,10,19H2,1H3. The predicted molar refractivity (Wildman–Crippen MR) is 74.9 cm³/mol. The lowest BCUT2D eigenvalue weighted by Crippen LogP contribution is -2.37. The second kappa shape index (κ2) is 6.66. The Kier molecular flexibility index (Phi) is 5.11. The van der Waals surface area contributed by atoms with Crippen molar-refractivity contribution in [3.05, 3.63) is 29.8 Å². The lowest BCUT2D eigenvalue weighted by atomic mass is 10.0. The van der Waals surface area contributed by atoms with Crippen LogP contribution in [0, 0.1) is 0 Å². The Morgan fingerprint density at radius 3 is 2.81 bits per heavy atom. The molecule has 0 saturated carbocycles. The van der Waals surface area contributed by atoms with Crippen LogP contribution >= 0.6 is 0 Å². The van der Waals surface area contributed by atoms with Gasteiger partial charge in [-0.3, -0.25) is 4.90 Å². The van der Waals surface area contributed by atoms with Crippen molar-refractivity contribution in [3.8, 4) is 5.75 Å². The predicted octanol–water partition coefficient (Wildman–Crippen LogP) is 3.46. The maximum Gasteiger partial charge on any atom is 0.573 e. The van der Waals surface area contributed by atoms with Crippen molar-refractivity contribution in [1.82, 2.24) is 4.90 Å². The molecular weight excluding hydrogens is 281 g/mol. The number of hydrogen-bond donors (Lipinski definition) is 1. The van der Waals surface area contributed by atoms with Gasteiger partial charge in [0, 0.05) is 18.6 Å². The highest BCUT2D eigenvalue weighted by Gasteiger charge is 2.32. The molecule has 2 atom stereocenters. The third-order valence-corrected chi connectivity index (χ3v) is 3.99. The molecule has 6 heteroatoms. The van der Waals surface area contributed by atoms with Crippen LogP contribution in [0.1, 0.15) is 37.8 Å². The zero-order chi connectivity index (χ0) is 15.5. The molecule has 118 valence electrons. The monoisotopic (exact) mass is 302 g/mol. The summed E-state index contributed by atoms with van der Waals surface area (Å²) >= 11 is 0. The summed E-state index contributed by atoms with van der Waals surface area (Å²) < 4.78 is 40.9. The minimum Gasteiger partial charge on any atom is -0.406 e. The van der Waals surface area contributed by atoms with Gasteiger partial charge in [0.05, 0.1) is 0 Å². The summed E-state index contributed by atoms with van der Waals surface area (Å²) in [5, 5.41) is 0. The quantitative estimate of drug-likeness (QED) is 0.905. The average Bonchev–Trinajstić information content (AvgIpc) is 2.86. The molecule has 2 unspecified atom stereocenters. The highest BCUT2D eigenvalue weighted by Crippen LogP contribution is 2.32. The Bertz CT molecular complexity index is 464. The largest absolute Gasteiger partial charge is 0.573 e. The van der Waals surface area contributed by atoms with Gasteiger partial charge in [-0.1, -0.05) is 19.1 Å². The van der Waals surface area contributed by atoms with E-state index < -0.39 is 6.36 Å². The van der Waals surface area contributed by atoms with Crippen molar-refractivity contribution in [3.63, 3.8) is 0 Å². The zero-order valence-electron chi connectivity index (χ0n) is 12.1. The zero-order valence-corrected chi connectivity index (χ0v) is 12.1. The van der Waals surface area contributed by atoms with Gasteiger partial charge in [0.2, 0.25) is 0 Å². The molecule has 1 aromatic rings. The minimum absolute atomic E-state index is 0.0609. The van der Waals surface area contributed by atoms with Crippen molar-refractivity contribution in [2.24, 2.45) is 5.73 Å². The first-order valence-corrected chi connectivity index (χ1v) is 7.26. The summed E-state index contributed by atoms with van der Waals surface area (Å²) in [5.74, 6) is -0.189. The van der Waals surface area contributed by atoms with Gasteiger partial charge in [-0.05, 0) is 43.5 Å². The number of hydrogen-bond acceptors (Lipinski definition) is 3. The summed E-state index contributed by atoms with van der Waals surface area (Å²) in [6.07, 6.45) is -1.43. The molecule has 0 radical (unpaired) electrons. The fourth-order valence-electron chi connectivity index (χ4n) is 3.09. The van der Waals surface area contributed by atoms with E-state index >= 15 is 0 Å². The topological polar surface area (TPSA) is 38.5 Å². The Labute approximate surface area is 122 Å². The molecule has 2 N–H and O–H groups in total. The number of nitrogens with zero attached hydrogens (tertiary/aromatic N) is 1. The Balaban J connectivity index is 2.20. The van der Waals surface area contributed by atoms with Gasteiger partial charge < -0.3 is 10.5 Å². The molecule has 2 rings (SSSR count). The second-order valence-corrected chi connectivity index (χ2v) is 5.31. The first kappa shape index (κ1) is 16.1. The van der Waals surface area contributed by atoms with Crippen LogP contribution in [0.2, 0.25) is 0 Å². The highest BCUT2D eigenvalue weighted by molar-refractivity contribution is 5.31. The van der Waals surface area contributed by atoms with Gasteiger partial charge in [0.25, 0.3) is 0 Å². The maximum atomic E-state index is 12.3. The van der Waals surface area contributed by atoms with Gasteiger partial charge in [-0.15, -0.1) is 13.2 Å². The summed E-state index contributed by atoms with van der Waals surface area (Å²) in [6.45, 7) is 3.44.